The van der Waals surface area contributed by atoms with Crippen molar-refractivity contribution in [2.75, 3.05) is 41.0 Å². The topological polar surface area (TPSA) is 51.4 Å². The molecule has 2 heterocycles. The van der Waals surface area contributed by atoms with Gasteiger partial charge in [-0.25, -0.2) is 0 Å². The summed E-state index contributed by atoms with van der Waals surface area (Å²) in [7, 11) is 8.31. The highest BCUT2D eigenvalue weighted by Gasteiger charge is 2.28. The lowest BCUT2D eigenvalue weighted by atomic mass is 9.85. The molecule has 0 saturated carbocycles. The number of H-pyrrole nitrogens is 1. The summed E-state index contributed by atoms with van der Waals surface area (Å²) in [4.78, 5) is 21.9. The van der Waals surface area contributed by atoms with E-state index < -0.39 is 0 Å². The summed E-state index contributed by atoms with van der Waals surface area (Å²) in [5, 5.41) is 4.50. The predicted octanol–water partition coefficient (Wildman–Crippen LogP) is 4.51. The Labute approximate surface area is 201 Å². The summed E-state index contributed by atoms with van der Waals surface area (Å²) in [5.41, 5.74) is 7.24. The number of nitrogens with one attached hydrogen (secondary N) is 2. The lowest BCUT2D eigenvalue weighted by molar-refractivity contribution is 0.0917. The largest absolute Gasteiger partial charge is 0.361 e. The van der Waals surface area contributed by atoms with Crippen molar-refractivity contribution in [1.29, 1.82) is 0 Å². The highest BCUT2D eigenvalue weighted by molar-refractivity contribution is 7.98. The molecule has 1 aliphatic rings. The molecule has 2 unspecified atom stereocenters. The number of fused-ring (bicyclic) bond motifs is 2. The Morgan fingerprint density at radius 3 is 2.58 bits per heavy atom. The van der Waals surface area contributed by atoms with Crippen LogP contribution in [0.3, 0.4) is 0 Å². The molecule has 1 aromatic heterocycles. The maximum absolute atomic E-state index is 12.9. The Bertz CT molecular complexity index is 1150. The molecule has 6 heteroatoms. The minimum absolute atomic E-state index is 0.0640. The fourth-order valence-electron chi connectivity index (χ4n) is 4.99. The third-order valence-corrected chi connectivity index (χ3v) is 7.25. The van der Waals surface area contributed by atoms with Crippen LogP contribution in [0, 0.1) is 0 Å². The molecule has 0 aliphatic carbocycles. The number of aromatic amines is 1. The first-order valence-electron chi connectivity index (χ1n) is 11.6. The number of thioether (sulfide) groups is 1. The van der Waals surface area contributed by atoms with Gasteiger partial charge in [0.25, 0.3) is 5.91 Å². The van der Waals surface area contributed by atoms with Crippen molar-refractivity contribution in [2.45, 2.75) is 43.2 Å². The number of hydrogen-bond donors (Lipinski definition) is 2. The molecular formula is C27H36N4OS. The summed E-state index contributed by atoms with van der Waals surface area (Å²) >= 11 is 1.70. The van der Waals surface area contributed by atoms with Gasteiger partial charge in [-0.05, 0) is 93.7 Å². The second kappa shape index (κ2) is 9.92. The Hall–Kier alpha value is -2.28. The molecule has 4 rings (SSSR count). The summed E-state index contributed by atoms with van der Waals surface area (Å²) in [6.45, 7) is 4.07. The van der Waals surface area contributed by atoms with Gasteiger partial charge in [0, 0.05) is 46.7 Å². The molecule has 176 valence electrons. The number of nitrogens with zero attached hydrogens (tertiary/aromatic N) is 2. The van der Waals surface area contributed by atoms with E-state index in [0.29, 0.717) is 5.92 Å². The van der Waals surface area contributed by atoms with Crippen molar-refractivity contribution in [1.82, 2.24) is 20.1 Å². The SMILES string of the molecule is CSc1cc(CC(C)c2ccc3c(CN(C)C)c[nH]c3c2)c2c(c1)C(=O)NC(CN(C)C)C2. The van der Waals surface area contributed by atoms with Crippen LogP contribution in [0.25, 0.3) is 10.9 Å². The molecule has 0 bridgehead atoms. The van der Waals surface area contributed by atoms with Gasteiger partial charge < -0.3 is 20.1 Å². The number of carbonyl (C=O) groups excluding carboxylic acids is 1. The standard InChI is InChI=1S/C27H36N4OS/c1-17(18-7-8-23-20(15-30(2)3)14-28-26(23)11-18)9-19-10-22(33-6)13-25-24(19)12-21(16-31(4)5)29-27(25)32/h7-8,10-11,13-14,17,21,28H,9,12,15-16H2,1-6H3,(H,29,32). The fourth-order valence-corrected chi connectivity index (χ4v) is 5.48. The number of rotatable bonds is 8. The van der Waals surface area contributed by atoms with E-state index >= 15 is 0 Å². The zero-order chi connectivity index (χ0) is 23.7. The zero-order valence-electron chi connectivity index (χ0n) is 20.7. The lowest BCUT2D eigenvalue weighted by Gasteiger charge is -2.30. The molecule has 2 atom stereocenters. The van der Waals surface area contributed by atoms with Crippen LogP contribution in [0.5, 0.6) is 0 Å². The maximum Gasteiger partial charge on any atom is 0.251 e. The van der Waals surface area contributed by atoms with E-state index in [1.165, 1.54) is 33.2 Å². The van der Waals surface area contributed by atoms with E-state index in [-0.39, 0.29) is 11.9 Å². The van der Waals surface area contributed by atoms with Crippen LogP contribution in [0.15, 0.2) is 41.4 Å². The number of likely N-dealkylation sites (N-methyl/N-ethyl adjacent to an activating group) is 1. The average molecular weight is 465 g/mol. The molecule has 5 nitrogen and oxygen atoms in total. The number of aromatic nitrogens is 1. The molecule has 0 saturated heterocycles. The summed E-state index contributed by atoms with van der Waals surface area (Å²) in [6, 6.07) is 11.3. The van der Waals surface area contributed by atoms with Gasteiger partial charge in [-0.2, -0.15) is 0 Å². The first kappa shape index (κ1) is 23.9. The van der Waals surface area contributed by atoms with Crippen molar-refractivity contribution in [2.24, 2.45) is 0 Å². The van der Waals surface area contributed by atoms with Gasteiger partial charge in [0.1, 0.15) is 0 Å². The van der Waals surface area contributed by atoms with E-state index in [1.54, 1.807) is 11.8 Å². The van der Waals surface area contributed by atoms with Crippen LogP contribution in [0.2, 0.25) is 0 Å². The molecule has 0 spiro atoms. The smallest absolute Gasteiger partial charge is 0.251 e. The van der Waals surface area contributed by atoms with Crippen molar-refractivity contribution in [3.63, 3.8) is 0 Å². The number of amides is 1. The highest BCUT2D eigenvalue weighted by Crippen LogP contribution is 2.32. The lowest BCUT2D eigenvalue weighted by Crippen LogP contribution is -2.47. The molecule has 3 aromatic rings. The molecular weight excluding hydrogens is 428 g/mol. The molecule has 2 aromatic carbocycles. The monoisotopic (exact) mass is 464 g/mol. The molecule has 0 fully saturated rings. The molecule has 1 amide bonds. The molecule has 0 radical (unpaired) electrons. The minimum atomic E-state index is 0.0640. The van der Waals surface area contributed by atoms with Crippen LogP contribution in [0.4, 0.5) is 0 Å². The quantitative estimate of drug-likeness (QED) is 0.482. The van der Waals surface area contributed by atoms with E-state index in [2.05, 4.69) is 98.0 Å². The second-order valence-electron chi connectivity index (χ2n) is 9.91. The van der Waals surface area contributed by atoms with Gasteiger partial charge in [0.15, 0.2) is 0 Å². The Kier molecular flexibility index (Phi) is 7.17. The zero-order valence-corrected chi connectivity index (χ0v) is 21.5. The Morgan fingerprint density at radius 2 is 1.88 bits per heavy atom. The Morgan fingerprint density at radius 1 is 1.09 bits per heavy atom. The van der Waals surface area contributed by atoms with Crippen LogP contribution in [0.1, 0.15) is 45.5 Å². The van der Waals surface area contributed by atoms with Crippen molar-refractivity contribution >= 4 is 28.6 Å². The van der Waals surface area contributed by atoms with E-state index in [0.717, 1.165) is 36.4 Å². The van der Waals surface area contributed by atoms with E-state index in [9.17, 15) is 4.79 Å². The highest BCUT2D eigenvalue weighted by atomic mass is 32.2. The summed E-state index contributed by atoms with van der Waals surface area (Å²) in [5.74, 6) is 0.419. The third kappa shape index (κ3) is 5.29. The maximum atomic E-state index is 12.9. The van der Waals surface area contributed by atoms with Crippen LogP contribution in [-0.4, -0.2) is 67.7 Å². The average Bonchev–Trinajstić information content (AvgIpc) is 3.15. The van der Waals surface area contributed by atoms with Crippen molar-refractivity contribution in [3.05, 3.63) is 64.3 Å². The van der Waals surface area contributed by atoms with Gasteiger partial charge in [-0.3, -0.25) is 4.79 Å². The van der Waals surface area contributed by atoms with Crippen LogP contribution < -0.4 is 5.32 Å². The van der Waals surface area contributed by atoms with Crippen molar-refractivity contribution in [3.8, 4) is 0 Å². The van der Waals surface area contributed by atoms with Gasteiger partial charge in [0.05, 0.1) is 0 Å². The fraction of sp³-hybridized carbons (Fsp3) is 0.444. The second-order valence-corrected chi connectivity index (χ2v) is 10.8. The number of hydrogen-bond acceptors (Lipinski definition) is 4. The van der Waals surface area contributed by atoms with E-state index in [1.807, 2.05) is 0 Å². The number of benzene rings is 2. The van der Waals surface area contributed by atoms with Gasteiger partial charge in [-0.1, -0.05) is 19.1 Å². The van der Waals surface area contributed by atoms with E-state index in [4.69, 9.17) is 0 Å². The first-order valence-corrected chi connectivity index (χ1v) is 12.9. The first-order chi connectivity index (χ1) is 15.7. The predicted molar refractivity (Wildman–Crippen MR) is 140 cm³/mol. The third-order valence-electron chi connectivity index (χ3n) is 6.54. The molecule has 2 N–H and O–H groups in total. The minimum Gasteiger partial charge on any atom is -0.361 e. The normalized spacial score (nSPS) is 17.0. The Balaban J connectivity index is 1.63. The van der Waals surface area contributed by atoms with Crippen molar-refractivity contribution < 1.29 is 4.79 Å². The molecule has 1 aliphatic heterocycles. The summed E-state index contributed by atoms with van der Waals surface area (Å²) in [6.07, 6.45) is 6.02. The van der Waals surface area contributed by atoms with Gasteiger partial charge >= 0.3 is 0 Å². The van der Waals surface area contributed by atoms with Gasteiger partial charge in [0.2, 0.25) is 0 Å². The van der Waals surface area contributed by atoms with Crippen LogP contribution >= 0.6 is 11.8 Å². The summed E-state index contributed by atoms with van der Waals surface area (Å²) < 4.78 is 0. The number of carbonyl (C=O) groups is 1. The molecule has 33 heavy (non-hydrogen) atoms. The van der Waals surface area contributed by atoms with Crippen LogP contribution in [-0.2, 0) is 19.4 Å². The van der Waals surface area contributed by atoms with Gasteiger partial charge in [-0.15, -0.1) is 11.8 Å².